The van der Waals surface area contributed by atoms with Crippen molar-refractivity contribution in [2.24, 2.45) is 5.92 Å². The molecule has 1 amide bonds. The quantitative estimate of drug-likeness (QED) is 0.841. The Labute approximate surface area is 149 Å². The molecule has 8 nitrogen and oxygen atoms in total. The van der Waals surface area contributed by atoms with E-state index in [9.17, 15) is 9.59 Å². The molecule has 1 fully saturated rings. The maximum absolute atomic E-state index is 12.7. The van der Waals surface area contributed by atoms with E-state index in [1.165, 1.54) is 17.5 Å². The molecule has 1 atom stereocenters. The summed E-state index contributed by atoms with van der Waals surface area (Å²) in [6.07, 6.45) is 5.25. The topological polar surface area (TPSA) is 101 Å². The lowest BCUT2D eigenvalue weighted by atomic mass is 9.98. The Morgan fingerprint density at radius 1 is 1.40 bits per heavy atom. The van der Waals surface area contributed by atoms with Gasteiger partial charge in [-0.15, -0.1) is 16.4 Å². The maximum atomic E-state index is 12.7. The largest absolute Gasteiger partial charge is 0.476 e. The van der Waals surface area contributed by atoms with Crippen LogP contribution >= 0.6 is 11.3 Å². The summed E-state index contributed by atoms with van der Waals surface area (Å²) in [7, 11) is 0. The van der Waals surface area contributed by atoms with Crippen molar-refractivity contribution in [2.75, 3.05) is 13.1 Å². The number of aromatic carboxylic acids is 1. The van der Waals surface area contributed by atoms with E-state index in [1.54, 1.807) is 4.68 Å². The standard InChI is InChI=1S/C16H21N5O3S/c1-2-4-14-17-13(10-25-14)15(22)20-6-3-5-11(7-20)8-21-9-12(16(23)24)18-19-21/h9-11H,2-8H2,1H3,(H,23,24)/t11-/m0/s1. The van der Waals surface area contributed by atoms with Crippen LogP contribution in [0.5, 0.6) is 0 Å². The summed E-state index contributed by atoms with van der Waals surface area (Å²) in [5, 5.41) is 19.2. The van der Waals surface area contributed by atoms with E-state index in [1.807, 2.05) is 10.3 Å². The molecule has 2 aromatic heterocycles. The Bertz CT molecular complexity index is 757. The molecule has 25 heavy (non-hydrogen) atoms. The fourth-order valence-electron chi connectivity index (χ4n) is 3.05. The third-order valence-corrected chi connectivity index (χ3v) is 5.15. The lowest BCUT2D eigenvalue weighted by molar-refractivity contribution is 0.0653. The van der Waals surface area contributed by atoms with Gasteiger partial charge in [-0.05, 0) is 31.6 Å². The van der Waals surface area contributed by atoms with E-state index < -0.39 is 5.97 Å². The minimum absolute atomic E-state index is 0.0203. The summed E-state index contributed by atoms with van der Waals surface area (Å²) in [5.41, 5.74) is 0.470. The Morgan fingerprint density at radius 2 is 2.24 bits per heavy atom. The molecule has 3 heterocycles. The van der Waals surface area contributed by atoms with Crippen molar-refractivity contribution in [1.29, 1.82) is 0 Å². The predicted octanol–water partition coefficient (Wildman–Crippen LogP) is 1.94. The van der Waals surface area contributed by atoms with Gasteiger partial charge in [-0.1, -0.05) is 12.1 Å². The van der Waals surface area contributed by atoms with Gasteiger partial charge in [0.25, 0.3) is 5.91 Å². The first kappa shape index (κ1) is 17.5. The van der Waals surface area contributed by atoms with Crippen LogP contribution in [0.25, 0.3) is 0 Å². The minimum atomic E-state index is -1.09. The van der Waals surface area contributed by atoms with Crippen LogP contribution in [0.1, 0.15) is 52.2 Å². The van der Waals surface area contributed by atoms with Crippen LogP contribution in [0.15, 0.2) is 11.6 Å². The lowest BCUT2D eigenvalue weighted by Gasteiger charge is -2.32. The Hall–Kier alpha value is -2.29. The normalized spacial score (nSPS) is 17.6. The Morgan fingerprint density at radius 3 is 2.96 bits per heavy atom. The molecule has 1 saturated heterocycles. The van der Waals surface area contributed by atoms with E-state index in [4.69, 9.17) is 5.11 Å². The van der Waals surface area contributed by atoms with E-state index >= 15 is 0 Å². The zero-order valence-corrected chi connectivity index (χ0v) is 14.9. The van der Waals surface area contributed by atoms with Gasteiger partial charge >= 0.3 is 5.97 Å². The number of aryl methyl sites for hydroxylation is 1. The van der Waals surface area contributed by atoms with Crippen LogP contribution in [0.2, 0.25) is 0 Å². The van der Waals surface area contributed by atoms with Gasteiger partial charge in [0.15, 0.2) is 5.69 Å². The summed E-state index contributed by atoms with van der Waals surface area (Å²) in [4.78, 5) is 29.8. The van der Waals surface area contributed by atoms with Gasteiger partial charge in [-0.25, -0.2) is 9.78 Å². The average molecular weight is 363 g/mol. The molecule has 0 spiro atoms. The fraction of sp³-hybridized carbons (Fsp3) is 0.562. The summed E-state index contributed by atoms with van der Waals surface area (Å²) in [5.74, 6) is -0.874. The molecular weight excluding hydrogens is 342 g/mol. The first-order chi connectivity index (χ1) is 12.1. The number of likely N-dealkylation sites (tertiary alicyclic amines) is 1. The smallest absolute Gasteiger partial charge is 0.358 e. The van der Waals surface area contributed by atoms with Crippen LogP contribution in [0.4, 0.5) is 0 Å². The zero-order chi connectivity index (χ0) is 17.8. The molecule has 9 heteroatoms. The third-order valence-electron chi connectivity index (χ3n) is 4.24. The molecule has 0 radical (unpaired) electrons. The molecule has 0 aliphatic carbocycles. The van der Waals surface area contributed by atoms with Crippen LogP contribution in [0, 0.1) is 5.92 Å². The van der Waals surface area contributed by atoms with Crippen molar-refractivity contribution in [2.45, 2.75) is 39.2 Å². The van der Waals surface area contributed by atoms with E-state index in [0.29, 0.717) is 18.8 Å². The van der Waals surface area contributed by atoms with Gasteiger partial charge in [0.1, 0.15) is 5.69 Å². The van der Waals surface area contributed by atoms with E-state index in [2.05, 4.69) is 22.2 Å². The fourth-order valence-corrected chi connectivity index (χ4v) is 3.92. The Balaban J connectivity index is 1.61. The molecule has 3 rings (SSSR count). The van der Waals surface area contributed by atoms with Crippen LogP contribution in [-0.4, -0.2) is 55.0 Å². The van der Waals surface area contributed by atoms with Crippen molar-refractivity contribution < 1.29 is 14.7 Å². The molecule has 0 aromatic carbocycles. The third kappa shape index (κ3) is 4.22. The highest BCUT2D eigenvalue weighted by atomic mass is 32.1. The van der Waals surface area contributed by atoms with E-state index in [0.717, 1.165) is 37.2 Å². The number of piperidine rings is 1. The highest BCUT2D eigenvalue weighted by Crippen LogP contribution is 2.21. The van der Waals surface area contributed by atoms with Crippen molar-refractivity contribution in [3.8, 4) is 0 Å². The summed E-state index contributed by atoms with van der Waals surface area (Å²) >= 11 is 1.54. The molecule has 0 unspecified atom stereocenters. The predicted molar refractivity (Wildman–Crippen MR) is 91.7 cm³/mol. The van der Waals surface area contributed by atoms with Gasteiger partial charge in [0.05, 0.1) is 11.2 Å². The van der Waals surface area contributed by atoms with Crippen LogP contribution in [0.3, 0.4) is 0 Å². The molecule has 0 bridgehead atoms. The minimum Gasteiger partial charge on any atom is -0.476 e. The highest BCUT2D eigenvalue weighted by molar-refractivity contribution is 7.09. The maximum Gasteiger partial charge on any atom is 0.358 e. The van der Waals surface area contributed by atoms with E-state index in [-0.39, 0.29) is 17.5 Å². The number of carbonyl (C=O) groups is 2. The Kier molecular flexibility index (Phi) is 5.42. The number of hydrogen-bond donors (Lipinski definition) is 1. The molecular formula is C16H21N5O3S. The number of nitrogens with zero attached hydrogens (tertiary/aromatic N) is 5. The monoisotopic (exact) mass is 363 g/mol. The number of amides is 1. The van der Waals surface area contributed by atoms with Crippen molar-refractivity contribution in [1.82, 2.24) is 24.9 Å². The number of carboxylic acids is 1. The zero-order valence-electron chi connectivity index (χ0n) is 14.1. The second kappa shape index (κ2) is 7.73. The number of carboxylic acid groups (broad SMARTS) is 1. The number of hydrogen-bond acceptors (Lipinski definition) is 6. The van der Waals surface area contributed by atoms with Gasteiger partial charge < -0.3 is 10.0 Å². The number of carbonyl (C=O) groups excluding carboxylic acids is 1. The summed E-state index contributed by atoms with van der Waals surface area (Å²) in [6, 6.07) is 0. The van der Waals surface area contributed by atoms with Gasteiger partial charge in [0.2, 0.25) is 0 Å². The number of aromatic nitrogens is 4. The van der Waals surface area contributed by atoms with Crippen molar-refractivity contribution in [3.05, 3.63) is 28.0 Å². The molecule has 2 aromatic rings. The lowest BCUT2D eigenvalue weighted by Crippen LogP contribution is -2.41. The summed E-state index contributed by atoms with van der Waals surface area (Å²) < 4.78 is 1.55. The SMILES string of the molecule is CCCc1nc(C(=O)N2CCC[C@H](Cn3cc(C(=O)O)nn3)C2)cs1. The van der Waals surface area contributed by atoms with Gasteiger partial charge in [-0.2, -0.15) is 0 Å². The van der Waals surface area contributed by atoms with Gasteiger partial charge in [0, 0.05) is 25.0 Å². The first-order valence-electron chi connectivity index (χ1n) is 8.44. The van der Waals surface area contributed by atoms with Gasteiger partial charge in [-0.3, -0.25) is 9.48 Å². The van der Waals surface area contributed by atoms with Crippen LogP contribution in [-0.2, 0) is 13.0 Å². The first-order valence-corrected chi connectivity index (χ1v) is 9.32. The molecule has 0 saturated carbocycles. The molecule has 1 aliphatic heterocycles. The molecule has 1 aliphatic rings. The molecule has 134 valence electrons. The number of thiazole rings is 1. The second-order valence-electron chi connectivity index (χ2n) is 6.27. The average Bonchev–Trinajstić information content (AvgIpc) is 3.24. The van der Waals surface area contributed by atoms with Crippen LogP contribution < -0.4 is 0 Å². The second-order valence-corrected chi connectivity index (χ2v) is 7.21. The molecule has 1 N–H and O–H groups in total. The van der Waals surface area contributed by atoms with Crippen molar-refractivity contribution >= 4 is 23.2 Å². The summed E-state index contributed by atoms with van der Waals surface area (Å²) in [6.45, 7) is 4.01. The number of rotatable bonds is 6. The van der Waals surface area contributed by atoms with Crippen molar-refractivity contribution in [3.63, 3.8) is 0 Å². The highest BCUT2D eigenvalue weighted by Gasteiger charge is 2.26.